The highest BCUT2D eigenvalue weighted by atomic mass is 16.3. The van der Waals surface area contributed by atoms with Crippen molar-refractivity contribution < 1.29 is 5.11 Å². The van der Waals surface area contributed by atoms with Crippen LogP contribution in [-0.4, -0.2) is 35.2 Å². The second-order valence-electron chi connectivity index (χ2n) is 6.02. The Labute approximate surface area is 104 Å². The first-order valence-corrected chi connectivity index (χ1v) is 6.12. The lowest BCUT2D eigenvalue weighted by Gasteiger charge is -2.32. The molecule has 0 aromatic heterocycles. The Kier molecular flexibility index (Phi) is 4.57. The average molecular weight is 234 g/mol. The quantitative estimate of drug-likeness (QED) is 0.755. The summed E-state index contributed by atoms with van der Waals surface area (Å²) < 4.78 is 0. The molecule has 3 unspecified atom stereocenters. The number of hydrogen-bond donors (Lipinski definition) is 1. The number of aliphatic hydroxyl groups excluding tert-OH is 1. The average Bonchev–Trinajstić information content (AvgIpc) is 2.55. The van der Waals surface area contributed by atoms with Crippen molar-refractivity contribution in [2.75, 3.05) is 13.2 Å². The predicted molar refractivity (Wildman–Crippen MR) is 68.0 cm³/mol. The molecule has 1 N–H and O–H groups in total. The van der Waals surface area contributed by atoms with E-state index >= 15 is 0 Å². The van der Waals surface area contributed by atoms with Crippen LogP contribution in [0.1, 0.15) is 33.6 Å². The van der Waals surface area contributed by atoms with Crippen molar-refractivity contribution in [2.24, 2.45) is 11.3 Å². The molecule has 0 radical (unpaired) electrons. The minimum atomic E-state index is -0.0141. The lowest BCUT2D eigenvalue weighted by molar-refractivity contribution is 0.119. The fraction of sp³-hybridized carbons (Fsp3) is 0.786. The van der Waals surface area contributed by atoms with Crippen LogP contribution in [0, 0.1) is 35.0 Å². The molecule has 0 amide bonds. The van der Waals surface area contributed by atoms with Gasteiger partial charge >= 0.3 is 0 Å². The van der Waals surface area contributed by atoms with E-state index in [4.69, 9.17) is 6.42 Å². The Balaban J connectivity index is 2.87. The van der Waals surface area contributed by atoms with Gasteiger partial charge in [0.2, 0.25) is 0 Å². The van der Waals surface area contributed by atoms with Gasteiger partial charge in [-0.2, -0.15) is 5.26 Å². The maximum atomic E-state index is 9.37. The zero-order chi connectivity index (χ0) is 13.1. The molecule has 1 aliphatic heterocycles. The molecule has 1 fully saturated rings. The summed E-state index contributed by atoms with van der Waals surface area (Å²) in [5.41, 5.74) is 0.164. The predicted octanol–water partition coefficient (Wildman–Crippen LogP) is 1.63. The van der Waals surface area contributed by atoms with Crippen molar-refractivity contribution in [1.29, 1.82) is 5.26 Å². The van der Waals surface area contributed by atoms with Crippen LogP contribution in [0.3, 0.4) is 0 Å². The van der Waals surface area contributed by atoms with Gasteiger partial charge in [-0.25, -0.2) is 0 Å². The van der Waals surface area contributed by atoms with Gasteiger partial charge < -0.3 is 5.11 Å². The molecule has 0 aromatic rings. The zero-order valence-corrected chi connectivity index (χ0v) is 11.0. The molecule has 0 aliphatic carbocycles. The summed E-state index contributed by atoms with van der Waals surface area (Å²) in [6.45, 7) is 7.11. The van der Waals surface area contributed by atoms with Gasteiger partial charge in [0.1, 0.15) is 0 Å². The molecule has 3 nitrogen and oxygen atoms in total. The molecule has 1 saturated heterocycles. The SMILES string of the molecule is C#CCN1C(CO)CC(C#N)C1CC(C)(C)C. The van der Waals surface area contributed by atoms with Crippen LogP contribution in [0.25, 0.3) is 0 Å². The van der Waals surface area contributed by atoms with Gasteiger partial charge in [0.25, 0.3) is 0 Å². The Hall–Kier alpha value is -1.03. The Morgan fingerprint density at radius 2 is 2.12 bits per heavy atom. The van der Waals surface area contributed by atoms with E-state index in [1.807, 2.05) is 0 Å². The van der Waals surface area contributed by atoms with E-state index in [9.17, 15) is 10.4 Å². The van der Waals surface area contributed by atoms with Crippen molar-refractivity contribution in [3.63, 3.8) is 0 Å². The van der Waals surface area contributed by atoms with Gasteiger partial charge in [-0.1, -0.05) is 26.7 Å². The van der Waals surface area contributed by atoms with Crippen LogP contribution >= 0.6 is 0 Å². The Morgan fingerprint density at radius 1 is 1.47 bits per heavy atom. The Morgan fingerprint density at radius 3 is 2.53 bits per heavy atom. The molecule has 0 saturated carbocycles. The topological polar surface area (TPSA) is 47.3 Å². The van der Waals surface area contributed by atoms with Crippen LogP contribution in [-0.2, 0) is 0 Å². The maximum Gasteiger partial charge on any atom is 0.0672 e. The standard InChI is InChI=1S/C14H22N2O/c1-5-6-16-12(10-17)7-11(9-15)13(16)8-14(2,3)4/h1,11-13,17H,6-8,10H2,2-4H3. The second-order valence-corrected chi connectivity index (χ2v) is 6.02. The van der Waals surface area contributed by atoms with E-state index in [1.54, 1.807) is 0 Å². The summed E-state index contributed by atoms with van der Waals surface area (Å²) in [4.78, 5) is 2.12. The minimum Gasteiger partial charge on any atom is -0.395 e. The first-order chi connectivity index (χ1) is 7.92. The zero-order valence-electron chi connectivity index (χ0n) is 11.0. The van der Waals surface area contributed by atoms with Crippen LogP contribution in [0.2, 0.25) is 0 Å². The van der Waals surface area contributed by atoms with Crippen LogP contribution in [0.15, 0.2) is 0 Å². The lowest BCUT2D eigenvalue weighted by Crippen LogP contribution is -2.41. The molecule has 94 valence electrons. The van der Waals surface area contributed by atoms with Crippen LogP contribution < -0.4 is 0 Å². The molecular weight excluding hydrogens is 212 g/mol. The summed E-state index contributed by atoms with van der Waals surface area (Å²) in [6.07, 6.45) is 7.05. The minimum absolute atomic E-state index is 0.0141. The molecule has 1 rings (SSSR count). The van der Waals surface area contributed by atoms with E-state index in [0.29, 0.717) is 6.54 Å². The summed E-state index contributed by atoms with van der Waals surface area (Å²) in [5, 5.41) is 18.6. The van der Waals surface area contributed by atoms with E-state index < -0.39 is 0 Å². The maximum absolute atomic E-state index is 9.37. The van der Waals surface area contributed by atoms with Gasteiger partial charge in [0, 0.05) is 12.1 Å². The lowest BCUT2D eigenvalue weighted by atomic mass is 9.84. The molecule has 0 spiro atoms. The van der Waals surface area contributed by atoms with Crippen molar-refractivity contribution in [2.45, 2.75) is 45.7 Å². The van der Waals surface area contributed by atoms with E-state index in [-0.39, 0.29) is 30.0 Å². The number of nitriles is 1. The molecule has 3 heteroatoms. The van der Waals surface area contributed by atoms with Gasteiger partial charge in [-0.05, 0) is 18.3 Å². The third kappa shape index (κ3) is 3.46. The van der Waals surface area contributed by atoms with Crippen LogP contribution in [0.5, 0.6) is 0 Å². The van der Waals surface area contributed by atoms with Crippen molar-refractivity contribution in [3.8, 4) is 18.4 Å². The normalized spacial score (nSPS) is 29.9. The molecule has 1 aliphatic rings. The van der Waals surface area contributed by atoms with E-state index in [2.05, 4.69) is 37.7 Å². The van der Waals surface area contributed by atoms with Gasteiger partial charge in [-0.15, -0.1) is 6.42 Å². The number of hydrogen-bond acceptors (Lipinski definition) is 3. The van der Waals surface area contributed by atoms with Crippen LogP contribution in [0.4, 0.5) is 0 Å². The Bertz CT molecular complexity index is 332. The van der Waals surface area contributed by atoms with Gasteiger partial charge in [0.05, 0.1) is 25.1 Å². The molecule has 0 aromatic carbocycles. The highest BCUT2D eigenvalue weighted by molar-refractivity contribution is 5.06. The molecular formula is C14H22N2O. The molecule has 0 bridgehead atoms. The fourth-order valence-corrected chi connectivity index (χ4v) is 2.64. The largest absolute Gasteiger partial charge is 0.395 e. The summed E-state index contributed by atoms with van der Waals surface area (Å²) >= 11 is 0. The molecule has 17 heavy (non-hydrogen) atoms. The van der Waals surface area contributed by atoms with Gasteiger partial charge in [-0.3, -0.25) is 4.90 Å². The number of aliphatic hydroxyl groups is 1. The smallest absolute Gasteiger partial charge is 0.0672 e. The van der Waals surface area contributed by atoms with E-state index in [0.717, 1.165) is 12.8 Å². The highest BCUT2D eigenvalue weighted by Crippen LogP contribution is 2.36. The first-order valence-electron chi connectivity index (χ1n) is 6.12. The highest BCUT2D eigenvalue weighted by Gasteiger charge is 2.41. The number of rotatable bonds is 3. The first kappa shape index (κ1) is 14.0. The third-order valence-corrected chi connectivity index (χ3v) is 3.36. The fourth-order valence-electron chi connectivity index (χ4n) is 2.64. The van der Waals surface area contributed by atoms with Crippen molar-refractivity contribution in [3.05, 3.63) is 0 Å². The molecule has 3 atom stereocenters. The summed E-state index contributed by atoms with van der Waals surface area (Å²) in [5.74, 6) is 2.63. The summed E-state index contributed by atoms with van der Waals surface area (Å²) in [6, 6.07) is 2.59. The van der Waals surface area contributed by atoms with Crippen molar-refractivity contribution >= 4 is 0 Å². The van der Waals surface area contributed by atoms with Gasteiger partial charge in [0.15, 0.2) is 0 Å². The second kappa shape index (κ2) is 5.54. The summed E-state index contributed by atoms with van der Waals surface area (Å²) in [7, 11) is 0. The number of terminal acetylenes is 1. The van der Waals surface area contributed by atoms with E-state index in [1.165, 1.54) is 0 Å². The van der Waals surface area contributed by atoms with Crippen molar-refractivity contribution in [1.82, 2.24) is 4.90 Å². The third-order valence-electron chi connectivity index (χ3n) is 3.36. The number of nitrogens with zero attached hydrogens (tertiary/aromatic N) is 2. The monoisotopic (exact) mass is 234 g/mol. The number of likely N-dealkylation sites (tertiary alicyclic amines) is 1. The molecule has 1 heterocycles.